The maximum absolute atomic E-state index is 4.34. The minimum Gasteiger partial charge on any atom is -0.311 e. The van der Waals surface area contributed by atoms with Gasteiger partial charge in [-0.05, 0) is 18.8 Å². The van der Waals surface area contributed by atoms with Crippen LogP contribution in [0.5, 0.6) is 0 Å². The van der Waals surface area contributed by atoms with E-state index in [1.54, 1.807) is 6.33 Å². The molecule has 1 unspecified atom stereocenters. The third kappa shape index (κ3) is 3.15. The highest BCUT2D eigenvalue weighted by atomic mass is 15.3. The summed E-state index contributed by atoms with van der Waals surface area (Å²) in [4.78, 5) is 6.86. The molecular formula is C14H25N5. The van der Waals surface area contributed by atoms with Crippen molar-refractivity contribution in [3.05, 3.63) is 12.2 Å². The van der Waals surface area contributed by atoms with Gasteiger partial charge in [0, 0.05) is 32.7 Å². The van der Waals surface area contributed by atoms with E-state index in [0.29, 0.717) is 6.04 Å². The molecule has 1 saturated heterocycles. The lowest BCUT2D eigenvalue weighted by Gasteiger charge is -2.39. The molecule has 1 aliphatic carbocycles. The average molecular weight is 263 g/mol. The van der Waals surface area contributed by atoms with Gasteiger partial charge < -0.3 is 5.32 Å². The zero-order valence-electron chi connectivity index (χ0n) is 11.9. The first-order chi connectivity index (χ1) is 9.33. The van der Waals surface area contributed by atoms with Crippen LogP contribution in [-0.2, 0) is 13.6 Å². The third-order valence-electron chi connectivity index (χ3n) is 4.68. The van der Waals surface area contributed by atoms with Gasteiger partial charge >= 0.3 is 0 Å². The molecule has 1 aliphatic heterocycles. The summed E-state index contributed by atoms with van der Waals surface area (Å²) in [5.41, 5.74) is 0. The highest BCUT2D eigenvalue weighted by Crippen LogP contribution is 2.27. The second-order valence-corrected chi connectivity index (χ2v) is 5.99. The fraction of sp³-hybridized carbons (Fsp3) is 0.857. The molecule has 1 atom stereocenters. The Bertz CT molecular complexity index is 396. The molecule has 1 saturated carbocycles. The molecule has 0 amide bonds. The van der Waals surface area contributed by atoms with Crippen LogP contribution < -0.4 is 5.32 Å². The standard InChI is InChI=1S/C14H25N5/c1-18-14(16-11-17-18)10-19-8-7-15-13(9-19)12-5-3-2-4-6-12/h11-13,15H,2-10H2,1H3. The van der Waals surface area contributed by atoms with Gasteiger partial charge in [-0.3, -0.25) is 9.58 Å². The van der Waals surface area contributed by atoms with Crippen LogP contribution in [0.3, 0.4) is 0 Å². The van der Waals surface area contributed by atoms with Crippen LogP contribution in [0.25, 0.3) is 0 Å². The minimum atomic E-state index is 0.683. The van der Waals surface area contributed by atoms with Crippen molar-refractivity contribution in [3.8, 4) is 0 Å². The summed E-state index contributed by atoms with van der Waals surface area (Å²) >= 11 is 0. The number of hydrogen-bond acceptors (Lipinski definition) is 4. The Labute approximate surface area is 115 Å². The summed E-state index contributed by atoms with van der Waals surface area (Å²) < 4.78 is 1.89. The SMILES string of the molecule is Cn1ncnc1CN1CCNC(C2CCCCC2)C1. The van der Waals surface area contributed by atoms with Crippen molar-refractivity contribution in [2.24, 2.45) is 13.0 Å². The lowest BCUT2D eigenvalue weighted by molar-refractivity contribution is 0.137. The minimum absolute atomic E-state index is 0.683. The zero-order valence-corrected chi connectivity index (χ0v) is 11.9. The van der Waals surface area contributed by atoms with E-state index in [0.717, 1.165) is 37.9 Å². The van der Waals surface area contributed by atoms with Crippen molar-refractivity contribution in [1.82, 2.24) is 25.0 Å². The quantitative estimate of drug-likeness (QED) is 0.889. The molecule has 1 aromatic rings. The normalized spacial score (nSPS) is 26.7. The molecule has 0 bridgehead atoms. The number of nitrogens with zero attached hydrogens (tertiary/aromatic N) is 4. The summed E-state index contributed by atoms with van der Waals surface area (Å²) in [7, 11) is 1.98. The molecule has 2 heterocycles. The van der Waals surface area contributed by atoms with Crippen LogP contribution >= 0.6 is 0 Å². The molecule has 0 aromatic carbocycles. The number of piperazine rings is 1. The first kappa shape index (κ1) is 13.1. The highest BCUT2D eigenvalue weighted by molar-refractivity contribution is 4.90. The van der Waals surface area contributed by atoms with E-state index in [2.05, 4.69) is 20.3 Å². The van der Waals surface area contributed by atoms with E-state index >= 15 is 0 Å². The molecule has 2 fully saturated rings. The lowest BCUT2D eigenvalue weighted by Crippen LogP contribution is -2.53. The predicted molar refractivity (Wildman–Crippen MR) is 74.6 cm³/mol. The molecule has 5 nitrogen and oxygen atoms in total. The van der Waals surface area contributed by atoms with Crippen LogP contribution in [0, 0.1) is 5.92 Å². The summed E-state index contributed by atoms with van der Waals surface area (Å²) in [6, 6.07) is 0.683. The number of rotatable bonds is 3. The fourth-order valence-corrected chi connectivity index (χ4v) is 3.50. The second kappa shape index (κ2) is 6.01. The van der Waals surface area contributed by atoms with Crippen molar-refractivity contribution >= 4 is 0 Å². The molecule has 19 heavy (non-hydrogen) atoms. The molecule has 3 rings (SSSR count). The van der Waals surface area contributed by atoms with E-state index in [-0.39, 0.29) is 0 Å². The van der Waals surface area contributed by atoms with Gasteiger partial charge in [0.05, 0.1) is 6.54 Å². The summed E-state index contributed by atoms with van der Waals surface area (Å²) in [6.45, 7) is 4.33. The average Bonchev–Trinajstić information content (AvgIpc) is 2.86. The Kier molecular flexibility index (Phi) is 4.13. The van der Waals surface area contributed by atoms with Gasteiger partial charge in [-0.1, -0.05) is 19.3 Å². The van der Waals surface area contributed by atoms with Crippen molar-refractivity contribution in [2.45, 2.75) is 44.7 Å². The van der Waals surface area contributed by atoms with Gasteiger partial charge in [0.25, 0.3) is 0 Å². The maximum Gasteiger partial charge on any atom is 0.140 e. The van der Waals surface area contributed by atoms with Crippen molar-refractivity contribution in [1.29, 1.82) is 0 Å². The molecule has 106 valence electrons. The Morgan fingerprint density at radius 3 is 2.89 bits per heavy atom. The van der Waals surface area contributed by atoms with Gasteiger partial charge in [0.15, 0.2) is 0 Å². The molecule has 5 heteroatoms. The lowest BCUT2D eigenvalue weighted by atomic mass is 9.83. The fourth-order valence-electron chi connectivity index (χ4n) is 3.50. The Hall–Kier alpha value is -0.940. The summed E-state index contributed by atoms with van der Waals surface area (Å²) in [5.74, 6) is 1.96. The van der Waals surface area contributed by atoms with Crippen molar-refractivity contribution < 1.29 is 0 Å². The van der Waals surface area contributed by atoms with Crippen LogP contribution in [0.4, 0.5) is 0 Å². The largest absolute Gasteiger partial charge is 0.311 e. The van der Waals surface area contributed by atoms with Crippen LogP contribution in [0.2, 0.25) is 0 Å². The van der Waals surface area contributed by atoms with E-state index in [9.17, 15) is 0 Å². The predicted octanol–water partition coefficient (Wildman–Crippen LogP) is 1.17. The monoisotopic (exact) mass is 263 g/mol. The van der Waals surface area contributed by atoms with Gasteiger partial charge in [-0.15, -0.1) is 0 Å². The number of aryl methyl sites for hydroxylation is 1. The number of nitrogens with one attached hydrogen (secondary N) is 1. The van der Waals surface area contributed by atoms with E-state index in [4.69, 9.17) is 0 Å². The van der Waals surface area contributed by atoms with Crippen LogP contribution in [0.1, 0.15) is 37.9 Å². The van der Waals surface area contributed by atoms with Gasteiger partial charge in [-0.25, -0.2) is 4.98 Å². The first-order valence-corrected chi connectivity index (χ1v) is 7.61. The number of aromatic nitrogens is 3. The van der Waals surface area contributed by atoms with Gasteiger partial charge in [0.1, 0.15) is 12.2 Å². The summed E-state index contributed by atoms with van der Waals surface area (Å²) in [6.07, 6.45) is 8.76. The van der Waals surface area contributed by atoms with Gasteiger partial charge in [0.2, 0.25) is 0 Å². The molecule has 2 aliphatic rings. The Morgan fingerprint density at radius 2 is 2.16 bits per heavy atom. The second-order valence-electron chi connectivity index (χ2n) is 5.99. The first-order valence-electron chi connectivity index (χ1n) is 7.61. The zero-order chi connectivity index (χ0) is 13.1. The van der Waals surface area contributed by atoms with E-state index in [1.807, 2.05) is 11.7 Å². The van der Waals surface area contributed by atoms with Crippen LogP contribution in [-0.4, -0.2) is 45.3 Å². The summed E-state index contributed by atoms with van der Waals surface area (Å²) in [5, 5.41) is 7.88. The molecule has 0 spiro atoms. The third-order valence-corrected chi connectivity index (χ3v) is 4.68. The molecule has 0 radical (unpaired) electrons. The topological polar surface area (TPSA) is 46.0 Å². The van der Waals surface area contributed by atoms with Crippen LogP contribution in [0.15, 0.2) is 6.33 Å². The smallest absolute Gasteiger partial charge is 0.140 e. The van der Waals surface area contributed by atoms with Crippen molar-refractivity contribution in [2.75, 3.05) is 19.6 Å². The Morgan fingerprint density at radius 1 is 1.32 bits per heavy atom. The highest BCUT2D eigenvalue weighted by Gasteiger charge is 2.28. The maximum atomic E-state index is 4.34. The molecular weight excluding hydrogens is 238 g/mol. The number of hydrogen-bond donors (Lipinski definition) is 1. The molecule has 1 N–H and O–H groups in total. The Balaban J connectivity index is 1.57. The van der Waals surface area contributed by atoms with E-state index in [1.165, 1.54) is 32.1 Å². The van der Waals surface area contributed by atoms with Gasteiger partial charge in [-0.2, -0.15) is 5.10 Å². The van der Waals surface area contributed by atoms with E-state index < -0.39 is 0 Å². The van der Waals surface area contributed by atoms with Crippen molar-refractivity contribution in [3.63, 3.8) is 0 Å². The molecule has 1 aromatic heterocycles.